The van der Waals surface area contributed by atoms with Crippen LogP contribution in [-0.4, -0.2) is 13.1 Å². The Kier molecular flexibility index (Phi) is 4.95. The first-order valence-corrected chi connectivity index (χ1v) is 5.73. The van der Waals surface area contributed by atoms with Gasteiger partial charge in [-0.3, -0.25) is 0 Å². The molecule has 0 radical (unpaired) electrons. The van der Waals surface area contributed by atoms with E-state index in [2.05, 4.69) is 31.8 Å². The van der Waals surface area contributed by atoms with Crippen LogP contribution < -0.4 is 5.32 Å². The first-order valence-electron chi connectivity index (χ1n) is 5.73. The second-order valence-electron chi connectivity index (χ2n) is 4.58. The smallest absolute Gasteiger partial charge is 0.0164 e. The molecular weight excluding hydrogens is 170 g/mol. The minimum Gasteiger partial charge on any atom is -0.313 e. The first kappa shape index (κ1) is 11.5. The van der Waals surface area contributed by atoms with Gasteiger partial charge in [0, 0.05) is 6.54 Å². The van der Waals surface area contributed by atoms with Crippen molar-refractivity contribution < 1.29 is 0 Å². The van der Waals surface area contributed by atoms with E-state index in [0.717, 1.165) is 25.4 Å². The van der Waals surface area contributed by atoms with E-state index in [1.165, 1.54) is 24.8 Å². The van der Waals surface area contributed by atoms with Crippen LogP contribution in [-0.2, 0) is 0 Å². The SMILES string of the molecule is C=C(C)CCNCC1=CC(C)CCC1. The lowest BCUT2D eigenvalue weighted by Crippen LogP contribution is -2.20. The fraction of sp³-hybridized carbons (Fsp3) is 0.692. The molecule has 1 rings (SSSR count). The van der Waals surface area contributed by atoms with Crippen LogP contribution in [0.1, 0.15) is 39.5 Å². The van der Waals surface area contributed by atoms with Crippen LogP contribution in [0.4, 0.5) is 0 Å². The summed E-state index contributed by atoms with van der Waals surface area (Å²) in [5.41, 5.74) is 2.87. The monoisotopic (exact) mass is 193 g/mol. The van der Waals surface area contributed by atoms with Crippen LogP contribution in [0.5, 0.6) is 0 Å². The summed E-state index contributed by atoms with van der Waals surface area (Å²) in [6, 6.07) is 0. The number of hydrogen-bond acceptors (Lipinski definition) is 1. The second-order valence-corrected chi connectivity index (χ2v) is 4.58. The summed E-state index contributed by atoms with van der Waals surface area (Å²) < 4.78 is 0. The molecule has 0 aromatic heterocycles. The molecule has 1 aliphatic carbocycles. The molecule has 0 saturated heterocycles. The fourth-order valence-electron chi connectivity index (χ4n) is 1.92. The third-order valence-corrected chi connectivity index (χ3v) is 2.76. The molecule has 0 spiro atoms. The van der Waals surface area contributed by atoms with Gasteiger partial charge in [-0.2, -0.15) is 0 Å². The van der Waals surface area contributed by atoms with Gasteiger partial charge in [-0.15, -0.1) is 6.58 Å². The predicted molar refractivity (Wildman–Crippen MR) is 63.4 cm³/mol. The molecule has 0 saturated carbocycles. The van der Waals surface area contributed by atoms with E-state index < -0.39 is 0 Å². The Morgan fingerprint density at radius 3 is 3.07 bits per heavy atom. The summed E-state index contributed by atoms with van der Waals surface area (Å²) in [6.07, 6.45) is 7.58. The average molecular weight is 193 g/mol. The van der Waals surface area contributed by atoms with Gasteiger partial charge in [0.1, 0.15) is 0 Å². The summed E-state index contributed by atoms with van der Waals surface area (Å²) in [4.78, 5) is 0. The molecule has 0 aliphatic heterocycles. The van der Waals surface area contributed by atoms with Crippen LogP contribution in [0, 0.1) is 5.92 Å². The van der Waals surface area contributed by atoms with E-state index >= 15 is 0 Å². The summed E-state index contributed by atoms with van der Waals surface area (Å²) in [6.45, 7) is 10.4. The van der Waals surface area contributed by atoms with Crippen LogP contribution >= 0.6 is 0 Å². The van der Waals surface area contributed by atoms with Gasteiger partial charge in [-0.25, -0.2) is 0 Å². The summed E-state index contributed by atoms with van der Waals surface area (Å²) >= 11 is 0. The summed E-state index contributed by atoms with van der Waals surface area (Å²) in [5, 5.41) is 3.48. The van der Waals surface area contributed by atoms with Crippen molar-refractivity contribution in [1.29, 1.82) is 0 Å². The molecule has 0 fully saturated rings. The number of rotatable bonds is 5. The van der Waals surface area contributed by atoms with Crippen molar-refractivity contribution in [1.82, 2.24) is 5.32 Å². The topological polar surface area (TPSA) is 12.0 Å². The van der Waals surface area contributed by atoms with Crippen LogP contribution in [0.15, 0.2) is 23.8 Å². The Morgan fingerprint density at radius 1 is 1.64 bits per heavy atom. The Morgan fingerprint density at radius 2 is 2.43 bits per heavy atom. The second kappa shape index (κ2) is 6.02. The minimum atomic E-state index is 0.793. The lowest BCUT2D eigenvalue weighted by molar-refractivity contribution is 0.552. The van der Waals surface area contributed by atoms with Gasteiger partial charge in [0.15, 0.2) is 0 Å². The van der Waals surface area contributed by atoms with Crippen LogP contribution in [0.2, 0.25) is 0 Å². The molecule has 1 N–H and O–H groups in total. The van der Waals surface area contributed by atoms with Crippen molar-refractivity contribution in [2.24, 2.45) is 5.92 Å². The molecule has 1 unspecified atom stereocenters. The Labute approximate surface area is 88.3 Å². The van der Waals surface area contributed by atoms with Gasteiger partial charge in [0.25, 0.3) is 0 Å². The van der Waals surface area contributed by atoms with Crippen LogP contribution in [0.25, 0.3) is 0 Å². The predicted octanol–water partition coefficient (Wildman–Crippen LogP) is 3.29. The molecule has 0 aromatic rings. The van der Waals surface area contributed by atoms with E-state index in [4.69, 9.17) is 0 Å². The van der Waals surface area contributed by atoms with Crippen molar-refractivity contribution in [3.8, 4) is 0 Å². The summed E-state index contributed by atoms with van der Waals surface area (Å²) in [5.74, 6) is 0.793. The largest absolute Gasteiger partial charge is 0.313 e. The lowest BCUT2D eigenvalue weighted by Gasteiger charge is -2.18. The van der Waals surface area contributed by atoms with E-state index in [1.54, 1.807) is 5.57 Å². The Balaban J connectivity index is 2.14. The highest BCUT2D eigenvalue weighted by Crippen LogP contribution is 2.21. The highest BCUT2D eigenvalue weighted by molar-refractivity contribution is 5.09. The number of allylic oxidation sites excluding steroid dienone is 1. The molecule has 1 heteroatoms. The maximum Gasteiger partial charge on any atom is 0.0164 e. The van der Waals surface area contributed by atoms with Gasteiger partial charge in [0.05, 0.1) is 0 Å². The quantitative estimate of drug-likeness (QED) is 0.522. The highest BCUT2D eigenvalue weighted by Gasteiger charge is 2.08. The summed E-state index contributed by atoms with van der Waals surface area (Å²) in [7, 11) is 0. The third-order valence-electron chi connectivity index (χ3n) is 2.76. The zero-order valence-corrected chi connectivity index (χ0v) is 9.60. The molecule has 0 amide bonds. The van der Waals surface area contributed by atoms with E-state index in [0.29, 0.717) is 0 Å². The first-order chi connectivity index (χ1) is 6.68. The van der Waals surface area contributed by atoms with Gasteiger partial charge in [-0.05, 0) is 45.1 Å². The molecule has 1 aliphatic rings. The van der Waals surface area contributed by atoms with Crippen molar-refractivity contribution in [3.63, 3.8) is 0 Å². The maximum atomic E-state index is 3.90. The van der Waals surface area contributed by atoms with Gasteiger partial charge >= 0.3 is 0 Å². The molecule has 14 heavy (non-hydrogen) atoms. The van der Waals surface area contributed by atoms with Crippen molar-refractivity contribution >= 4 is 0 Å². The van der Waals surface area contributed by atoms with Crippen molar-refractivity contribution in [2.75, 3.05) is 13.1 Å². The highest BCUT2D eigenvalue weighted by atomic mass is 14.8. The van der Waals surface area contributed by atoms with Gasteiger partial charge < -0.3 is 5.32 Å². The number of nitrogens with one attached hydrogen (secondary N) is 1. The zero-order valence-electron chi connectivity index (χ0n) is 9.60. The lowest BCUT2D eigenvalue weighted by atomic mass is 9.92. The molecule has 0 heterocycles. The van der Waals surface area contributed by atoms with Crippen molar-refractivity contribution in [3.05, 3.63) is 23.8 Å². The fourth-order valence-corrected chi connectivity index (χ4v) is 1.92. The standard InChI is InChI=1S/C13H23N/c1-11(2)7-8-14-10-13-6-4-5-12(3)9-13/h9,12,14H,1,4-8,10H2,2-3H3. The molecular formula is C13H23N. The van der Waals surface area contributed by atoms with E-state index in [1.807, 2.05) is 0 Å². The zero-order chi connectivity index (χ0) is 10.4. The minimum absolute atomic E-state index is 0.793. The van der Waals surface area contributed by atoms with E-state index in [-0.39, 0.29) is 0 Å². The Bertz CT molecular complexity index is 215. The van der Waals surface area contributed by atoms with Gasteiger partial charge in [-0.1, -0.05) is 24.1 Å². The van der Waals surface area contributed by atoms with Crippen molar-refractivity contribution in [2.45, 2.75) is 39.5 Å². The van der Waals surface area contributed by atoms with Gasteiger partial charge in [0.2, 0.25) is 0 Å². The maximum absolute atomic E-state index is 3.90. The van der Waals surface area contributed by atoms with E-state index in [9.17, 15) is 0 Å². The molecule has 0 bridgehead atoms. The molecule has 0 aromatic carbocycles. The number of hydrogen-bond donors (Lipinski definition) is 1. The molecule has 80 valence electrons. The third kappa shape index (κ3) is 4.61. The Hall–Kier alpha value is -0.560. The average Bonchev–Trinajstić information content (AvgIpc) is 2.12. The molecule has 1 atom stereocenters. The molecule has 1 nitrogen and oxygen atoms in total. The van der Waals surface area contributed by atoms with Crippen LogP contribution in [0.3, 0.4) is 0 Å². The normalized spacial score (nSPS) is 21.9.